The summed E-state index contributed by atoms with van der Waals surface area (Å²) in [5.74, 6) is 3.72. The number of terminal acetylenes is 1. The zero-order valence-corrected chi connectivity index (χ0v) is 5.23. The molecule has 0 saturated heterocycles. The standard InChI is InChI=1S/C7H12/c1-5-7(4)6(2)3/h1,6-7H,2-4H3/t7-/m1/s1. The Morgan fingerprint density at radius 2 is 1.71 bits per heavy atom. The third-order valence-corrected chi connectivity index (χ3v) is 1.26. The fourth-order valence-corrected chi connectivity index (χ4v) is 0.192. The fraction of sp³-hybridized carbons (Fsp3) is 0.714. The van der Waals surface area contributed by atoms with Crippen molar-refractivity contribution < 1.29 is 0 Å². The molecule has 0 aliphatic carbocycles. The first-order valence-electron chi connectivity index (χ1n) is 2.64. The van der Waals surface area contributed by atoms with Gasteiger partial charge in [0, 0.05) is 5.92 Å². The summed E-state index contributed by atoms with van der Waals surface area (Å²) in [5.41, 5.74) is 0. The van der Waals surface area contributed by atoms with Gasteiger partial charge in [-0.25, -0.2) is 0 Å². The van der Waals surface area contributed by atoms with E-state index in [9.17, 15) is 0 Å². The maximum absolute atomic E-state index is 5.12. The molecule has 0 aliphatic heterocycles. The molecule has 0 aromatic carbocycles. The molecule has 0 spiro atoms. The maximum Gasteiger partial charge on any atom is 0.0194 e. The molecule has 0 rings (SSSR count). The van der Waals surface area contributed by atoms with Crippen LogP contribution in [0.5, 0.6) is 0 Å². The molecular formula is C7H12. The van der Waals surface area contributed by atoms with Crippen LogP contribution in [0.3, 0.4) is 0 Å². The van der Waals surface area contributed by atoms with Crippen molar-refractivity contribution in [3.8, 4) is 12.3 Å². The van der Waals surface area contributed by atoms with E-state index in [1.54, 1.807) is 0 Å². The minimum Gasteiger partial charge on any atom is -0.120 e. The van der Waals surface area contributed by atoms with E-state index in [-0.39, 0.29) is 0 Å². The van der Waals surface area contributed by atoms with Gasteiger partial charge in [0.15, 0.2) is 0 Å². The van der Waals surface area contributed by atoms with Crippen molar-refractivity contribution in [3.05, 3.63) is 0 Å². The van der Waals surface area contributed by atoms with E-state index in [1.807, 2.05) is 0 Å². The first-order valence-corrected chi connectivity index (χ1v) is 2.64. The van der Waals surface area contributed by atoms with Crippen molar-refractivity contribution in [2.45, 2.75) is 20.8 Å². The largest absolute Gasteiger partial charge is 0.120 e. The third kappa shape index (κ3) is 2.28. The molecule has 0 aromatic heterocycles. The second kappa shape index (κ2) is 2.69. The molecule has 0 unspecified atom stereocenters. The fourth-order valence-electron chi connectivity index (χ4n) is 0.192. The van der Waals surface area contributed by atoms with Gasteiger partial charge in [-0.15, -0.1) is 12.3 Å². The highest BCUT2D eigenvalue weighted by atomic mass is 14.0. The van der Waals surface area contributed by atoms with Crippen LogP contribution in [0.2, 0.25) is 0 Å². The van der Waals surface area contributed by atoms with E-state index in [4.69, 9.17) is 6.42 Å². The van der Waals surface area contributed by atoms with Crippen molar-refractivity contribution >= 4 is 0 Å². The number of hydrogen-bond acceptors (Lipinski definition) is 0. The van der Waals surface area contributed by atoms with Crippen LogP contribution < -0.4 is 0 Å². The molecule has 0 aliphatic rings. The Kier molecular flexibility index (Phi) is 2.52. The molecule has 0 saturated carbocycles. The summed E-state index contributed by atoms with van der Waals surface area (Å²) in [6.07, 6.45) is 5.12. The van der Waals surface area contributed by atoms with Crippen LogP contribution in [0.25, 0.3) is 0 Å². The van der Waals surface area contributed by atoms with Crippen molar-refractivity contribution in [3.63, 3.8) is 0 Å². The molecule has 0 radical (unpaired) electrons. The molecule has 40 valence electrons. The number of hydrogen-bond donors (Lipinski definition) is 0. The van der Waals surface area contributed by atoms with E-state index in [1.165, 1.54) is 0 Å². The van der Waals surface area contributed by atoms with Gasteiger partial charge < -0.3 is 0 Å². The summed E-state index contributed by atoms with van der Waals surface area (Å²) in [6.45, 7) is 6.32. The van der Waals surface area contributed by atoms with Crippen LogP contribution in [-0.2, 0) is 0 Å². The topological polar surface area (TPSA) is 0 Å². The second-order valence-corrected chi connectivity index (χ2v) is 2.20. The summed E-state index contributed by atoms with van der Waals surface area (Å²) in [4.78, 5) is 0. The van der Waals surface area contributed by atoms with Crippen LogP contribution in [0.1, 0.15) is 20.8 Å². The zero-order chi connectivity index (χ0) is 5.86. The molecule has 0 amide bonds. The maximum atomic E-state index is 5.12. The van der Waals surface area contributed by atoms with Crippen LogP contribution in [0.4, 0.5) is 0 Å². The first-order chi connectivity index (χ1) is 3.18. The van der Waals surface area contributed by atoms with Gasteiger partial charge in [-0.1, -0.05) is 20.8 Å². The molecule has 0 aromatic rings. The van der Waals surface area contributed by atoms with Crippen LogP contribution in [-0.4, -0.2) is 0 Å². The normalized spacial score (nSPS) is 13.6. The van der Waals surface area contributed by atoms with E-state index < -0.39 is 0 Å². The lowest BCUT2D eigenvalue weighted by atomic mass is 10.00. The van der Waals surface area contributed by atoms with Gasteiger partial charge in [0.05, 0.1) is 0 Å². The van der Waals surface area contributed by atoms with Gasteiger partial charge in [0.1, 0.15) is 0 Å². The van der Waals surface area contributed by atoms with Gasteiger partial charge in [0.25, 0.3) is 0 Å². The Morgan fingerprint density at radius 1 is 1.29 bits per heavy atom. The highest BCUT2D eigenvalue weighted by molar-refractivity contribution is 4.91. The second-order valence-electron chi connectivity index (χ2n) is 2.20. The van der Waals surface area contributed by atoms with Crippen molar-refractivity contribution in [1.29, 1.82) is 0 Å². The van der Waals surface area contributed by atoms with E-state index in [0.29, 0.717) is 11.8 Å². The molecule has 0 nitrogen and oxygen atoms in total. The molecule has 0 heteroatoms. The lowest BCUT2D eigenvalue weighted by Crippen LogP contribution is -1.98. The summed E-state index contributed by atoms with van der Waals surface area (Å²) in [6, 6.07) is 0. The van der Waals surface area contributed by atoms with Gasteiger partial charge in [-0.05, 0) is 5.92 Å². The highest BCUT2D eigenvalue weighted by Gasteiger charge is 1.99. The Bertz CT molecular complexity index is 74.5. The Morgan fingerprint density at radius 3 is 1.71 bits per heavy atom. The Balaban J connectivity index is 3.40. The molecular weight excluding hydrogens is 84.1 g/mol. The van der Waals surface area contributed by atoms with Gasteiger partial charge in [-0.2, -0.15) is 0 Å². The minimum atomic E-state index is 0.431. The highest BCUT2D eigenvalue weighted by Crippen LogP contribution is 2.05. The molecule has 0 N–H and O–H groups in total. The van der Waals surface area contributed by atoms with Crippen molar-refractivity contribution in [1.82, 2.24) is 0 Å². The predicted octanol–water partition coefficient (Wildman–Crippen LogP) is 1.91. The third-order valence-electron chi connectivity index (χ3n) is 1.26. The predicted molar refractivity (Wildman–Crippen MR) is 32.8 cm³/mol. The molecule has 0 fully saturated rings. The van der Waals surface area contributed by atoms with Crippen molar-refractivity contribution in [2.75, 3.05) is 0 Å². The van der Waals surface area contributed by atoms with Gasteiger partial charge >= 0.3 is 0 Å². The van der Waals surface area contributed by atoms with Gasteiger partial charge in [-0.3, -0.25) is 0 Å². The smallest absolute Gasteiger partial charge is 0.0194 e. The molecule has 0 heterocycles. The lowest BCUT2D eigenvalue weighted by Gasteiger charge is -2.04. The SMILES string of the molecule is C#C[C@@H](C)C(C)C. The zero-order valence-electron chi connectivity index (χ0n) is 5.23. The summed E-state index contributed by atoms with van der Waals surface area (Å²) < 4.78 is 0. The van der Waals surface area contributed by atoms with Crippen LogP contribution >= 0.6 is 0 Å². The summed E-state index contributed by atoms with van der Waals surface area (Å²) >= 11 is 0. The quantitative estimate of drug-likeness (QED) is 0.437. The summed E-state index contributed by atoms with van der Waals surface area (Å²) in [5, 5.41) is 0. The van der Waals surface area contributed by atoms with E-state index in [0.717, 1.165) is 0 Å². The first kappa shape index (κ1) is 6.56. The Hall–Kier alpha value is -0.440. The van der Waals surface area contributed by atoms with E-state index in [2.05, 4.69) is 26.7 Å². The van der Waals surface area contributed by atoms with Crippen LogP contribution in [0.15, 0.2) is 0 Å². The van der Waals surface area contributed by atoms with Gasteiger partial charge in [0.2, 0.25) is 0 Å². The van der Waals surface area contributed by atoms with Crippen molar-refractivity contribution in [2.24, 2.45) is 11.8 Å². The minimum absolute atomic E-state index is 0.431. The molecule has 0 bridgehead atoms. The average molecular weight is 96.2 g/mol. The average Bonchev–Trinajstić information content (AvgIpc) is 1.65. The lowest BCUT2D eigenvalue weighted by molar-refractivity contribution is 0.520. The molecule has 1 atom stereocenters. The summed E-state index contributed by atoms with van der Waals surface area (Å²) in [7, 11) is 0. The van der Waals surface area contributed by atoms with E-state index >= 15 is 0 Å². The monoisotopic (exact) mass is 96.1 g/mol. The molecule has 7 heavy (non-hydrogen) atoms. The Labute approximate surface area is 45.9 Å². The number of rotatable bonds is 1. The van der Waals surface area contributed by atoms with Crippen LogP contribution in [0, 0.1) is 24.2 Å².